The highest BCUT2D eigenvalue weighted by molar-refractivity contribution is 9.93. The van der Waals surface area contributed by atoms with Crippen molar-refractivity contribution in [2.45, 2.75) is 47.6 Å². The van der Waals surface area contributed by atoms with E-state index < -0.39 is 11.9 Å². The maximum Gasteiger partial charge on any atom is 0.338 e. The van der Waals surface area contributed by atoms with Gasteiger partial charge in [-0.25, -0.2) is 9.59 Å². The summed E-state index contributed by atoms with van der Waals surface area (Å²) in [6, 6.07) is 7.96. The third-order valence-electron chi connectivity index (χ3n) is 3.50. The fraction of sp³-hybridized carbons (Fsp3) is 0.391. The van der Waals surface area contributed by atoms with Crippen LogP contribution in [0.25, 0.3) is 0 Å². The van der Waals surface area contributed by atoms with Gasteiger partial charge in [0.15, 0.2) is 0 Å². The van der Waals surface area contributed by atoms with Gasteiger partial charge in [0, 0.05) is 44.9 Å². The van der Waals surface area contributed by atoms with Crippen LogP contribution in [0.4, 0.5) is 0 Å². The van der Waals surface area contributed by atoms with Gasteiger partial charge in [-0.2, -0.15) is 0 Å². The first-order chi connectivity index (χ1) is 14.7. The van der Waals surface area contributed by atoms with E-state index in [1.54, 1.807) is 38.1 Å². The Morgan fingerprint density at radius 2 is 1.27 bits per heavy atom. The van der Waals surface area contributed by atoms with Crippen LogP contribution >= 0.6 is 44.2 Å². The molecule has 33 heavy (non-hydrogen) atoms. The number of rotatable bonds is 2. The van der Waals surface area contributed by atoms with E-state index in [4.69, 9.17) is 5.73 Å². The molecule has 10 heteroatoms. The molecule has 0 aliphatic heterocycles. The van der Waals surface area contributed by atoms with Crippen molar-refractivity contribution in [2.24, 2.45) is 5.73 Å². The number of benzene rings is 2. The SMILES string of the molecule is BrBr.C.CC(C)(C)N.COC(=O)c1ccc(Br)c(O)c1C.COC(=O)c1cccc(O)c1C. The van der Waals surface area contributed by atoms with E-state index in [0.29, 0.717) is 26.7 Å². The number of hydrogen-bond acceptors (Lipinski definition) is 7. The Morgan fingerprint density at radius 1 is 0.879 bits per heavy atom. The number of aromatic hydroxyl groups is 2. The van der Waals surface area contributed by atoms with Gasteiger partial charge < -0.3 is 25.4 Å². The summed E-state index contributed by atoms with van der Waals surface area (Å²) in [5, 5.41) is 18.7. The van der Waals surface area contributed by atoms with E-state index in [1.807, 2.05) is 20.8 Å². The Hall–Kier alpha value is -1.62. The molecule has 0 saturated heterocycles. The number of hydrogen-bond donors (Lipinski definition) is 3. The van der Waals surface area contributed by atoms with Crippen molar-refractivity contribution in [3.8, 4) is 11.5 Å². The first kappa shape index (κ1) is 36.0. The molecule has 0 spiro atoms. The highest BCUT2D eigenvalue weighted by Gasteiger charge is 2.13. The van der Waals surface area contributed by atoms with Gasteiger partial charge in [-0.15, -0.1) is 0 Å². The van der Waals surface area contributed by atoms with Gasteiger partial charge in [0.1, 0.15) is 11.5 Å². The van der Waals surface area contributed by atoms with Gasteiger partial charge in [0.05, 0.1) is 29.8 Å². The fourth-order valence-electron chi connectivity index (χ4n) is 1.95. The second kappa shape index (κ2) is 17.8. The zero-order chi connectivity index (χ0) is 25.6. The van der Waals surface area contributed by atoms with Crippen LogP contribution in [-0.2, 0) is 9.47 Å². The summed E-state index contributed by atoms with van der Waals surface area (Å²) in [6.07, 6.45) is 0. The van der Waals surface area contributed by atoms with E-state index in [-0.39, 0.29) is 24.5 Å². The molecule has 188 valence electrons. The number of ether oxygens (including phenoxy) is 2. The van der Waals surface area contributed by atoms with Crippen molar-refractivity contribution in [1.29, 1.82) is 0 Å². The molecule has 0 unspecified atom stereocenters. The highest BCUT2D eigenvalue weighted by Crippen LogP contribution is 2.29. The van der Waals surface area contributed by atoms with E-state index in [1.165, 1.54) is 20.3 Å². The quantitative estimate of drug-likeness (QED) is 0.303. The van der Waals surface area contributed by atoms with E-state index in [2.05, 4.69) is 53.7 Å². The lowest BCUT2D eigenvalue weighted by atomic mass is 10.1. The second-order valence-corrected chi connectivity index (χ2v) is 8.22. The maximum absolute atomic E-state index is 11.1. The van der Waals surface area contributed by atoms with Crippen molar-refractivity contribution < 1.29 is 29.3 Å². The molecule has 0 amide bonds. The summed E-state index contributed by atoms with van der Waals surface area (Å²) < 4.78 is 9.64. The molecule has 4 N–H and O–H groups in total. The average Bonchev–Trinajstić information content (AvgIpc) is 2.74. The van der Waals surface area contributed by atoms with Crippen molar-refractivity contribution in [3.63, 3.8) is 0 Å². The number of phenolic OH excluding ortho intramolecular Hbond substituents is 2. The molecule has 0 aliphatic rings. The summed E-state index contributed by atoms with van der Waals surface area (Å²) >= 11 is 8.65. The topological polar surface area (TPSA) is 119 Å². The van der Waals surface area contributed by atoms with E-state index in [0.717, 1.165) is 0 Å². The summed E-state index contributed by atoms with van der Waals surface area (Å²) in [5.74, 6) is -0.690. The number of phenols is 2. The highest BCUT2D eigenvalue weighted by atomic mass is 80.9. The minimum absolute atomic E-state index is 0. The van der Waals surface area contributed by atoms with Crippen LogP contribution < -0.4 is 5.73 Å². The van der Waals surface area contributed by atoms with Crippen LogP contribution in [0.1, 0.15) is 60.0 Å². The lowest BCUT2D eigenvalue weighted by Crippen LogP contribution is -2.26. The Kier molecular flexibility index (Phi) is 19.4. The molecule has 0 aromatic heterocycles. The van der Waals surface area contributed by atoms with Crippen molar-refractivity contribution in [2.75, 3.05) is 14.2 Å². The lowest BCUT2D eigenvalue weighted by Gasteiger charge is -2.06. The molecule has 2 aromatic carbocycles. The standard InChI is InChI=1S/C9H9BrO3.C9H10O3.C4H11N.CH4.Br2/c1-5-6(9(12)13-2)3-4-7(10)8(5)11;1-6-7(9(11)12-2)4-3-5-8(6)10;1-4(2,3)5;;1-2/h3-4,11H,1-2H3;3-5,10H,1-2H3;5H2,1-3H3;1H4;. The van der Waals surface area contributed by atoms with E-state index in [9.17, 15) is 19.8 Å². The lowest BCUT2D eigenvalue weighted by molar-refractivity contribution is 0.0590. The number of nitrogens with two attached hydrogens (primary N) is 1. The molecule has 0 heterocycles. The normalized spacial score (nSPS) is 9.30. The predicted octanol–water partition coefficient (Wildman–Crippen LogP) is 6.81. The van der Waals surface area contributed by atoms with Gasteiger partial charge in [-0.05, 0) is 74.8 Å². The van der Waals surface area contributed by atoms with Gasteiger partial charge in [-0.3, -0.25) is 0 Å². The molecular formula is C23H34Br3NO6. The molecule has 0 fully saturated rings. The molecule has 0 bridgehead atoms. The van der Waals surface area contributed by atoms with Gasteiger partial charge in [0.25, 0.3) is 0 Å². The molecule has 7 nitrogen and oxygen atoms in total. The monoisotopic (exact) mass is 657 g/mol. The van der Waals surface area contributed by atoms with E-state index >= 15 is 0 Å². The third kappa shape index (κ3) is 14.3. The molecule has 0 aliphatic carbocycles. The van der Waals surface area contributed by atoms with Crippen LogP contribution in [0.15, 0.2) is 34.8 Å². The average molecular weight is 660 g/mol. The Labute approximate surface area is 220 Å². The third-order valence-corrected chi connectivity index (χ3v) is 4.14. The smallest absolute Gasteiger partial charge is 0.338 e. The summed E-state index contributed by atoms with van der Waals surface area (Å²) in [7, 11) is 2.62. The van der Waals surface area contributed by atoms with Crippen molar-refractivity contribution in [1.82, 2.24) is 0 Å². The van der Waals surface area contributed by atoms with Crippen molar-refractivity contribution in [3.05, 3.63) is 57.1 Å². The number of carbonyl (C=O) groups excluding carboxylic acids is 2. The van der Waals surface area contributed by atoms with Crippen LogP contribution in [-0.4, -0.2) is 41.9 Å². The van der Waals surface area contributed by atoms with Crippen LogP contribution in [0.5, 0.6) is 11.5 Å². The predicted molar refractivity (Wildman–Crippen MR) is 145 cm³/mol. The van der Waals surface area contributed by atoms with Gasteiger partial charge in [0.2, 0.25) is 0 Å². The summed E-state index contributed by atoms with van der Waals surface area (Å²) in [4.78, 5) is 22.2. The molecule has 2 rings (SSSR count). The van der Waals surface area contributed by atoms with Crippen molar-refractivity contribution >= 4 is 56.1 Å². The Morgan fingerprint density at radius 3 is 1.67 bits per heavy atom. The first-order valence-corrected chi connectivity index (χ1v) is 13.6. The van der Waals surface area contributed by atoms with Gasteiger partial charge >= 0.3 is 11.9 Å². The Balaban J connectivity index is -0.000000419. The fourth-order valence-corrected chi connectivity index (χ4v) is 2.38. The summed E-state index contributed by atoms with van der Waals surface area (Å²) in [6.45, 7) is 9.22. The minimum atomic E-state index is -0.444. The number of carbonyl (C=O) groups is 2. The molecule has 0 atom stereocenters. The minimum Gasteiger partial charge on any atom is -0.508 e. The number of esters is 2. The largest absolute Gasteiger partial charge is 0.508 e. The first-order valence-electron chi connectivity index (χ1n) is 9.11. The van der Waals surface area contributed by atoms with Crippen LogP contribution in [0.2, 0.25) is 0 Å². The van der Waals surface area contributed by atoms with Crippen LogP contribution in [0, 0.1) is 13.8 Å². The van der Waals surface area contributed by atoms with Gasteiger partial charge in [-0.1, -0.05) is 13.5 Å². The molecule has 0 radical (unpaired) electrons. The zero-order valence-electron chi connectivity index (χ0n) is 19.1. The Bertz CT molecular complexity index is 877. The zero-order valence-corrected chi connectivity index (χ0v) is 23.9. The summed E-state index contributed by atoms with van der Waals surface area (Å²) in [5.41, 5.74) is 7.19. The van der Waals surface area contributed by atoms with Crippen LogP contribution in [0.3, 0.4) is 0 Å². The second-order valence-electron chi connectivity index (χ2n) is 7.37. The maximum atomic E-state index is 11.1. The number of methoxy groups -OCH3 is 2. The number of halogens is 3. The molecule has 2 aromatic rings. The molecule has 0 saturated carbocycles. The molecular weight excluding hydrogens is 626 g/mol.